The molecule has 0 saturated carbocycles. The van der Waals surface area contributed by atoms with Crippen molar-refractivity contribution in [3.05, 3.63) is 0 Å². The number of hydrogen-bond acceptors (Lipinski definition) is 4. The summed E-state index contributed by atoms with van der Waals surface area (Å²) < 4.78 is 1.99. The third-order valence-electron chi connectivity index (χ3n) is 0.917. The molecule has 0 rings (SSSR count). The summed E-state index contributed by atoms with van der Waals surface area (Å²) in [6.45, 7) is -1.00. The van der Waals surface area contributed by atoms with Gasteiger partial charge in [-0.05, 0) is 0 Å². The van der Waals surface area contributed by atoms with Gasteiger partial charge in [0.05, 0.1) is 13.2 Å². The number of carboxylic acids is 1. The summed E-state index contributed by atoms with van der Waals surface area (Å²) in [6, 6.07) is 0. The first-order valence-electron chi connectivity index (χ1n) is 2.94. The van der Waals surface area contributed by atoms with Crippen LogP contribution in [0.5, 0.6) is 0 Å². The maximum absolute atomic E-state index is 10.2. The number of hydrogen-bond donors (Lipinski definition) is 3. The summed E-state index contributed by atoms with van der Waals surface area (Å²) in [5.74, 6) is -1.57. The normalized spacial score (nSPS) is 14.3. The van der Waals surface area contributed by atoms with E-state index in [2.05, 4.69) is 4.74 Å². The first-order chi connectivity index (χ1) is 5.40. The van der Waals surface area contributed by atoms with Crippen LogP contribution in [0.15, 0.2) is 0 Å². The van der Waals surface area contributed by atoms with Crippen molar-refractivity contribution < 1.29 is 24.9 Å². The molecule has 0 amide bonds. The van der Waals surface area contributed by atoms with E-state index in [0.717, 1.165) is 0 Å². The molecule has 0 spiro atoms. The number of aliphatic carboxylic acids is 1. The largest absolute Gasteiger partial charge is 0.477 e. The van der Waals surface area contributed by atoms with Crippen LogP contribution in [-0.2, 0) is 9.53 Å². The highest BCUT2D eigenvalue weighted by Crippen LogP contribution is 2.22. The standard InChI is InChI=1S/C5H8Cl2O5/c6-5(7,4(10)11)12-2-3(9)1-8/h3,8-9H,1-2H2,(H,10,11). The Kier molecular flexibility index (Phi) is 4.81. The van der Waals surface area contributed by atoms with Gasteiger partial charge >= 0.3 is 10.5 Å². The number of alkyl halides is 2. The van der Waals surface area contributed by atoms with Gasteiger partial charge in [0.15, 0.2) is 0 Å². The molecule has 3 N–H and O–H groups in total. The first-order valence-corrected chi connectivity index (χ1v) is 3.70. The lowest BCUT2D eigenvalue weighted by atomic mass is 10.4. The number of halogens is 2. The molecule has 1 atom stereocenters. The monoisotopic (exact) mass is 218 g/mol. The smallest absolute Gasteiger partial charge is 0.368 e. The van der Waals surface area contributed by atoms with E-state index in [1.54, 1.807) is 0 Å². The number of carboxylic acid groups (broad SMARTS) is 1. The van der Waals surface area contributed by atoms with E-state index in [9.17, 15) is 4.79 Å². The fourth-order valence-corrected chi connectivity index (χ4v) is 0.441. The summed E-state index contributed by atoms with van der Waals surface area (Å²) in [5, 5.41) is 25.3. The fraction of sp³-hybridized carbons (Fsp3) is 0.800. The van der Waals surface area contributed by atoms with Crippen LogP contribution in [0.25, 0.3) is 0 Å². The van der Waals surface area contributed by atoms with E-state index >= 15 is 0 Å². The molecule has 0 aromatic rings. The van der Waals surface area contributed by atoms with E-state index in [1.165, 1.54) is 0 Å². The van der Waals surface area contributed by atoms with Gasteiger partial charge in [-0.25, -0.2) is 4.79 Å². The summed E-state index contributed by atoms with van der Waals surface area (Å²) in [7, 11) is 0. The molecular weight excluding hydrogens is 211 g/mol. The van der Waals surface area contributed by atoms with Gasteiger partial charge in [-0.1, -0.05) is 23.2 Å². The maximum atomic E-state index is 10.2. The van der Waals surface area contributed by atoms with Crippen molar-refractivity contribution in [1.82, 2.24) is 0 Å². The van der Waals surface area contributed by atoms with E-state index in [0.29, 0.717) is 0 Å². The molecule has 5 nitrogen and oxygen atoms in total. The average Bonchev–Trinajstić information content (AvgIpc) is 2.00. The minimum atomic E-state index is -2.38. The van der Waals surface area contributed by atoms with Crippen molar-refractivity contribution in [2.75, 3.05) is 13.2 Å². The summed E-state index contributed by atoms with van der Waals surface area (Å²) in [4.78, 5) is 10.2. The molecule has 0 aromatic heterocycles. The topological polar surface area (TPSA) is 87.0 Å². The van der Waals surface area contributed by atoms with Gasteiger partial charge < -0.3 is 20.1 Å². The first kappa shape index (κ1) is 11.9. The van der Waals surface area contributed by atoms with Crippen molar-refractivity contribution in [3.8, 4) is 0 Å². The second-order valence-electron chi connectivity index (χ2n) is 1.97. The second-order valence-corrected chi connectivity index (χ2v) is 3.23. The van der Waals surface area contributed by atoms with Gasteiger partial charge in [0, 0.05) is 0 Å². The molecule has 12 heavy (non-hydrogen) atoms. The highest BCUT2D eigenvalue weighted by molar-refractivity contribution is 6.56. The Bertz CT molecular complexity index is 160. The van der Waals surface area contributed by atoms with Gasteiger partial charge in [0.25, 0.3) is 0 Å². The zero-order chi connectivity index (χ0) is 9.78. The van der Waals surface area contributed by atoms with E-state index in [-0.39, 0.29) is 0 Å². The highest BCUT2D eigenvalue weighted by Gasteiger charge is 2.35. The number of aliphatic hydroxyl groups is 2. The molecule has 0 heterocycles. The number of carbonyl (C=O) groups is 1. The van der Waals surface area contributed by atoms with Crippen molar-refractivity contribution in [3.63, 3.8) is 0 Å². The summed E-state index contributed by atoms with van der Waals surface area (Å²) in [5.41, 5.74) is 0. The highest BCUT2D eigenvalue weighted by atomic mass is 35.5. The molecule has 7 heteroatoms. The van der Waals surface area contributed by atoms with Crippen LogP contribution in [0.2, 0.25) is 0 Å². The predicted molar refractivity (Wildman–Crippen MR) is 41.1 cm³/mol. The predicted octanol–water partition coefficient (Wildman–Crippen LogP) is -0.428. The molecule has 0 radical (unpaired) electrons. The van der Waals surface area contributed by atoms with E-state index in [4.69, 9.17) is 38.5 Å². The van der Waals surface area contributed by atoms with Crippen LogP contribution in [0.1, 0.15) is 0 Å². The number of aliphatic hydroxyl groups excluding tert-OH is 2. The van der Waals surface area contributed by atoms with Crippen LogP contribution in [0, 0.1) is 0 Å². The Balaban J connectivity index is 3.83. The van der Waals surface area contributed by atoms with Crippen LogP contribution >= 0.6 is 23.2 Å². The van der Waals surface area contributed by atoms with Gasteiger partial charge in [-0.2, -0.15) is 0 Å². The summed E-state index contributed by atoms with van der Waals surface area (Å²) >= 11 is 10.2. The van der Waals surface area contributed by atoms with Crippen molar-refractivity contribution in [1.29, 1.82) is 0 Å². The molecule has 0 fully saturated rings. The Morgan fingerprint density at radius 2 is 2.08 bits per heavy atom. The Morgan fingerprint density at radius 1 is 1.58 bits per heavy atom. The molecule has 0 aromatic carbocycles. The second kappa shape index (κ2) is 4.84. The maximum Gasteiger partial charge on any atom is 0.368 e. The van der Waals surface area contributed by atoms with E-state index in [1.807, 2.05) is 0 Å². The van der Waals surface area contributed by atoms with E-state index < -0.39 is 29.8 Å². The lowest BCUT2D eigenvalue weighted by molar-refractivity contribution is -0.150. The lowest BCUT2D eigenvalue weighted by Gasteiger charge is -2.16. The molecule has 1 unspecified atom stereocenters. The van der Waals surface area contributed by atoms with Crippen molar-refractivity contribution >= 4 is 29.2 Å². The van der Waals surface area contributed by atoms with Crippen LogP contribution in [0.3, 0.4) is 0 Å². The summed E-state index contributed by atoms with van der Waals surface area (Å²) in [6.07, 6.45) is -1.19. The van der Waals surface area contributed by atoms with Gasteiger partial charge in [0.2, 0.25) is 0 Å². The zero-order valence-electron chi connectivity index (χ0n) is 5.91. The molecular formula is C5H8Cl2O5. The third-order valence-corrected chi connectivity index (χ3v) is 1.46. The van der Waals surface area contributed by atoms with Crippen LogP contribution in [0.4, 0.5) is 0 Å². The Morgan fingerprint density at radius 3 is 2.42 bits per heavy atom. The van der Waals surface area contributed by atoms with Gasteiger partial charge in [0.1, 0.15) is 6.10 Å². The third kappa shape index (κ3) is 4.08. The van der Waals surface area contributed by atoms with Crippen LogP contribution < -0.4 is 0 Å². The quantitative estimate of drug-likeness (QED) is 0.546. The SMILES string of the molecule is O=C(O)C(Cl)(Cl)OCC(O)CO. The number of rotatable bonds is 5. The van der Waals surface area contributed by atoms with Gasteiger partial charge in [-0.15, -0.1) is 0 Å². The minimum Gasteiger partial charge on any atom is -0.477 e. The Labute approximate surface area is 78.5 Å². The fourth-order valence-electron chi connectivity index (χ4n) is 0.315. The molecule has 0 aliphatic rings. The number of ether oxygens (including phenoxy) is 1. The zero-order valence-corrected chi connectivity index (χ0v) is 7.42. The minimum absolute atomic E-state index is 0.449. The lowest BCUT2D eigenvalue weighted by Crippen LogP contribution is -2.33. The molecule has 0 bridgehead atoms. The Hall–Kier alpha value is -0.0700. The average molecular weight is 219 g/mol. The van der Waals surface area contributed by atoms with Crippen LogP contribution in [-0.4, -0.2) is 45.1 Å². The molecule has 0 saturated heterocycles. The molecule has 72 valence electrons. The molecule has 0 aliphatic carbocycles. The molecule has 0 aliphatic heterocycles. The van der Waals surface area contributed by atoms with Gasteiger partial charge in [-0.3, -0.25) is 0 Å². The van der Waals surface area contributed by atoms with Crippen molar-refractivity contribution in [2.24, 2.45) is 0 Å². The van der Waals surface area contributed by atoms with Crippen molar-refractivity contribution in [2.45, 2.75) is 10.6 Å².